The molecule has 0 fully saturated rings. The lowest BCUT2D eigenvalue weighted by Gasteiger charge is -2.16. The first-order chi connectivity index (χ1) is 9.95. The van der Waals surface area contributed by atoms with Gasteiger partial charge in [-0.1, -0.05) is 27.7 Å². The van der Waals surface area contributed by atoms with E-state index in [0.717, 1.165) is 39.9 Å². The van der Waals surface area contributed by atoms with Crippen molar-refractivity contribution in [3.8, 4) is 16.3 Å². The van der Waals surface area contributed by atoms with Gasteiger partial charge in [0.2, 0.25) is 0 Å². The molecule has 0 radical (unpaired) electrons. The number of aromatic nitrogens is 1. The Balaban J connectivity index is 2.28. The molecule has 3 nitrogen and oxygen atoms in total. The standard InChI is InChI=1S/C17H23NO2S/c1-5-10-20-13-8-6-12(7-9-13)16-18-15(17(2,3)4)14(11-19)21-16/h6-9,19H,5,10-11H2,1-4H3. The van der Waals surface area contributed by atoms with Crippen molar-refractivity contribution in [2.75, 3.05) is 6.61 Å². The van der Waals surface area contributed by atoms with Crippen LogP contribution < -0.4 is 4.74 Å². The average molecular weight is 305 g/mol. The fourth-order valence-electron chi connectivity index (χ4n) is 2.08. The molecule has 0 aliphatic carbocycles. The molecule has 1 aromatic carbocycles. The van der Waals surface area contributed by atoms with Gasteiger partial charge in [0.15, 0.2) is 0 Å². The molecular weight excluding hydrogens is 282 g/mol. The summed E-state index contributed by atoms with van der Waals surface area (Å²) < 4.78 is 5.59. The van der Waals surface area contributed by atoms with Crippen LogP contribution in [0.3, 0.4) is 0 Å². The van der Waals surface area contributed by atoms with E-state index in [1.54, 1.807) is 11.3 Å². The molecule has 21 heavy (non-hydrogen) atoms. The van der Waals surface area contributed by atoms with Crippen LogP contribution in [0.5, 0.6) is 5.75 Å². The molecule has 0 aliphatic heterocycles. The van der Waals surface area contributed by atoms with E-state index < -0.39 is 0 Å². The molecule has 2 aromatic rings. The lowest BCUT2D eigenvalue weighted by Crippen LogP contribution is -2.14. The number of thiazole rings is 1. The summed E-state index contributed by atoms with van der Waals surface area (Å²) in [6, 6.07) is 8.00. The number of hydrogen-bond donors (Lipinski definition) is 1. The molecule has 0 unspecified atom stereocenters. The number of hydrogen-bond acceptors (Lipinski definition) is 4. The molecule has 1 heterocycles. The Bertz CT molecular complexity index is 582. The van der Waals surface area contributed by atoms with Gasteiger partial charge in [0.1, 0.15) is 10.8 Å². The highest BCUT2D eigenvalue weighted by molar-refractivity contribution is 7.15. The first-order valence-corrected chi connectivity index (χ1v) is 8.11. The Morgan fingerprint density at radius 1 is 1.19 bits per heavy atom. The Hall–Kier alpha value is -1.39. The molecule has 0 saturated carbocycles. The zero-order valence-corrected chi connectivity index (χ0v) is 14.0. The number of aliphatic hydroxyl groups is 1. The van der Waals surface area contributed by atoms with Crippen LogP contribution in [0.1, 0.15) is 44.7 Å². The van der Waals surface area contributed by atoms with Crippen LogP contribution in [0.4, 0.5) is 0 Å². The zero-order valence-electron chi connectivity index (χ0n) is 13.1. The highest BCUT2D eigenvalue weighted by Gasteiger charge is 2.23. The minimum absolute atomic E-state index is 0.0436. The maximum Gasteiger partial charge on any atom is 0.123 e. The third-order valence-corrected chi connectivity index (χ3v) is 4.21. The second kappa shape index (κ2) is 6.58. The number of rotatable bonds is 5. The van der Waals surface area contributed by atoms with Gasteiger partial charge in [-0.25, -0.2) is 4.98 Å². The van der Waals surface area contributed by atoms with Crippen molar-refractivity contribution in [1.29, 1.82) is 0 Å². The van der Waals surface area contributed by atoms with E-state index in [9.17, 15) is 5.11 Å². The van der Waals surface area contributed by atoms with Crippen molar-refractivity contribution in [3.63, 3.8) is 0 Å². The third kappa shape index (κ3) is 3.83. The fraction of sp³-hybridized carbons (Fsp3) is 0.471. The van der Waals surface area contributed by atoms with Gasteiger partial charge in [-0.15, -0.1) is 11.3 Å². The van der Waals surface area contributed by atoms with Crippen LogP contribution in [-0.2, 0) is 12.0 Å². The summed E-state index contributed by atoms with van der Waals surface area (Å²) in [5, 5.41) is 10.5. The molecule has 0 aliphatic rings. The molecule has 0 bridgehead atoms. The lowest BCUT2D eigenvalue weighted by atomic mass is 9.91. The summed E-state index contributed by atoms with van der Waals surface area (Å²) >= 11 is 1.56. The summed E-state index contributed by atoms with van der Waals surface area (Å²) in [7, 11) is 0. The van der Waals surface area contributed by atoms with Crippen LogP contribution in [0, 0.1) is 0 Å². The predicted octanol–water partition coefficient (Wildman–Crippen LogP) is 4.39. The molecule has 4 heteroatoms. The Kier molecular flexibility index (Phi) is 5.01. The maximum atomic E-state index is 9.53. The second-order valence-corrected chi connectivity index (χ2v) is 7.16. The maximum absolute atomic E-state index is 9.53. The summed E-state index contributed by atoms with van der Waals surface area (Å²) in [5.41, 5.74) is 1.99. The Labute approximate surface area is 130 Å². The van der Waals surface area contributed by atoms with Gasteiger partial charge >= 0.3 is 0 Å². The van der Waals surface area contributed by atoms with E-state index in [2.05, 4.69) is 27.7 Å². The second-order valence-electron chi connectivity index (χ2n) is 6.07. The van der Waals surface area contributed by atoms with E-state index >= 15 is 0 Å². The smallest absolute Gasteiger partial charge is 0.123 e. The molecule has 2 rings (SSSR count). The number of ether oxygens (including phenoxy) is 1. The average Bonchev–Trinajstić information content (AvgIpc) is 2.90. The Morgan fingerprint density at radius 3 is 2.33 bits per heavy atom. The van der Waals surface area contributed by atoms with Crippen LogP contribution in [0.25, 0.3) is 10.6 Å². The van der Waals surface area contributed by atoms with Crippen molar-refractivity contribution in [1.82, 2.24) is 4.98 Å². The fourth-order valence-corrected chi connectivity index (χ4v) is 3.22. The molecule has 0 saturated heterocycles. The summed E-state index contributed by atoms with van der Waals surface area (Å²) in [6.07, 6.45) is 1.00. The normalized spacial score (nSPS) is 11.7. The summed E-state index contributed by atoms with van der Waals surface area (Å²) in [4.78, 5) is 5.68. The minimum atomic E-state index is -0.0585. The molecular formula is C17H23NO2S. The number of nitrogens with zero attached hydrogens (tertiary/aromatic N) is 1. The van der Waals surface area contributed by atoms with E-state index in [1.165, 1.54) is 0 Å². The molecule has 1 aromatic heterocycles. The molecule has 1 N–H and O–H groups in total. The highest BCUT2D eigenvalue weighted by Crippen LogP contribution is 2.34. The molecule has 114 valence electrons. The van der Waals surface area contributed by atoms with Gasteiger partial charge in [0.05, 0.1) is 23.8 Å². The van der Waals surface area contributed by atoms with E-state index in [0.29, 0.717) is 0 Å². The first-order valence-electron chi connectivity index (χ1n) is 7.30. The Morgan fingerprint density at radius 2 is 1.86 bits per heavy atom. The van der Waals surface area contributed by atoms with Crippen molar-refractivity contribution in [2.45, 2.75) is 46.1 Å². The quantitative estimate of drug-likeness (QED) is 0.891. The summed E-state index contributed by atoms with van der Waals surface area (Å²) in [5.74, 6) is 0.885. The van der Waals surface area contributed by atoms with Crippen molar-refractivity contribution >= 4 is 11.3 Å². The van der Waals surface area contributed by atoms with Gasteiger partial charge < -0.3 is 9.84 Å². The van der Waals surface area contributed by atoms with Crippen molar-refractivity contribution in [3.05, 3.63) is 34.8 Å². The number of aliphatic hydroxyl groups excluding tert-OH is 1. The lowest BCUT2D eigenvalue weighted by molar-refractivity contribution is 0.282. The molecule has 0 amide bonds. The minimum Gasteiger partial charge on any atom is -0.494 e. The van der Waals surface area contributed by atoms with Crippen LogP contribution in [-0.4, -0.2) is 16.7 Å². The van der Waals surface area contributed by atoms with Crippen molar-refractivity contribution in [2.24, 2.45) is 0 Å². The monoisotopic (exact) mass is 305 g/mol. The molecule has 0 spiro atoms. The van der Waals surface area contributed by atoms with Gasteiger partial charge in [-0.05, 0) is 30.7 Å². The van der Waals surface area contributed by atoms with Gasteiger partial charge in [0.25, 0.3) is 0 Å². The largest absolute Gasteiger partial charge is 0.494 e. The predicted molar refractivity (Wildman–Crippen MR) is 88.0 cm³/mol. The number of benzene rings is 1. The highest BCUT2D eigenvalue weighted by atomic mass is 32.1. The van der Waals surface area contributed by atoms with Gasteiger partial charge in [-0.2, -0.15) is 0 Å². The van der Waals surface area contributed by atoms with Crippen LogP contribution >= 0.6 is 11.3 Å². The van der Waals surface area contributed by atoms with Crippen LogP contribution in [0.2, 0.25) is 0 Å². The topological polar surface area (TPSA) is 42.4 Å². The molecule has 0 atom stereocenters. The summed E-state index contributed by atoms with van der Waals surface area (Å²) in [6.45, 7) is 9.22. The van der Waals surface area contributed by atoms with E-state index in [1.807, 2.05) is 24.3 Å². The van der Waals surface area contributed by atoms with E-state index in [-0.39, 0.29) is 12.0 Å². The third-order valence-electron chi connectivity index (χ3n) is 3.13. The first kappa shape index (κ1) is 16.0. The SMILES string of the molecule is CCCOc1ccc(-c2nc(C(C)(C)C)c(CO)s2)cc1. The van der Waals surface area contributed by atoms with Gasteiger partial charge in [0, 0.05) is 11.0 Å². The van der Waals surface area contributed by atoms with Crippen LogP contribution in [0.15, 0.2) is 24.3 Å². The zero-order chi connectivity index (χ0) is 15.5. The van der Waals surface area contributed by atoms with E-state index in [4.69, 9.17) is 9.72 Å². The van der Waals surface area contributed by atoms with Gasteiger partial charge in [-0.3, -0.25) is 0 Å². The van der Waals surface area contributed by atoms with Crippen molar-refractivity contribution < 1.29 is 9.84 Å².